The Hall–Kier alpha value is -1.09. The van der Waals surface area contributed by atoms with Crippen LogP contribution in [0.1, 0.15) is 32.8 Å². The third-order valence-electron chi connectivity index (χ3n) is 4.00. The Balaban J connectivity index is 2.06. The first kappa shape index (κ1) is 13.3. The van der Waals surface area contributed by atoms with Crippen LogP contribution in [0.25, 0.3) is 0 Å². The Labute approximate surface area is 109 Å². The molecule has 1 aliphatic rings. The summed E-state index contributed by atoms with van der Waals surface area (Å²) in [6.45, 7) is 7.50. The average Bonchev–Trinajstić information content (AvgIpc) is 2.99. The first-order valence-electron chi connectivity index (χ1n) is 6.55. The quantitative estimate of drug-likeness (QED) is 0.868. The Bertz CT molecular complexity index is 433. The highest BCUT2D eigenvalue weighted by molar-refractivity contribution is 5.38. The lowest BCUT2D eigenvalue weighted by atomic mass is 9.95. The van der Waals surface area contributed by atoms with Gasteiger partial charge in [-0.2, -0.15) is 0 Å². The minimum Gasteiger partial charge on any atom is -0.494 e. The minimum absolute atomic E-state index is 0.120. The zero-order valence-corrected chi connectivity index (χ0v) is 11.6. The number of benzene rings is 1. The Morgan fingerprint density at radius 3 is 2.78 bits per heavy atom. The third-order valence-corrected chi connectivity index (χ3v) is 4.00. The van der Waals surface area contributed by atoms with Crippen LogP contribution in [-0.4, -0.2) is 19.7 Å². The maximum absolute atomic E-state index is 13.7. The molecule has 1 aromatic carbocycles. The molecule has 0 heterocycles. The summed E-state index contributed by atoms with van der Waals surface area (Å²) in [5, 5.41) is 3.45. The highest BCUT2D eigenvalue weighted by Gasteiger charge is 2.50. The maximum Gasteiger partial charge on any atom is 0.165 e. The van der Waals surface area contributed by atoms with Crippen molar-refractivity contribution in [1.29, 1.82) is 0 Å². The van der Waals surface area contributed by atoms with Crippen molar-refractivity contribution in [2.24, 2.45) is 5.92 Å². The molecule has 0 amide bonds. The van der Waals surface area contributed by atoms with Crippen molar-refractivity contribution in [1.82, 2.24) is 5.32 Å². The van der Waals surface area contributed by atoms with E-state index in [1.54, 1.807) is 12.1 Å². The van der Waals surface area contributed by atoms with Crippen molar-refractivity contribution in [2.45, 2.75) is 38.6 Å². The van der Waals surface area contributed by atoms with E-state index >= 15 is 0 Å². The number of hydrogen-bond acceptors (Lipinski definition) is 2. The van der Waals surface area contributed by atoms with Gasteiger partial charge in [-0.25, -0.2) is 4.39 Å². The van der Waals surface area contributed by atoms with Crippen molar-refractivity contribution < 1.29 is 9.13 Å². The van der Waals surface area contributed by atoms with Crippen LogP contribution in [0.5, 0.6) is 5.75 Å². The summed E-state index contributed by atoms with van der Waals surface area (Å²) >= 11 is 0. The molecule has 0 aliphatic heterocycles. The van der Waals surface area contributed by atoms with Crippen LogP contribution in [0.3, 0.4) is 0 Å². The van der Waals surface area contributed by atoms with Crippen LogP contribution in [0.4, 0.5) is 4.39 Å². The topological polar surface area (TPSA) is 21.3 Å². The van der Waals surface area contributed by atoms with Gasteiger partial charge in [0.1, 0.15) is 0 Å². The van der Waals surface area contributed by atoms with Gasteiger partial charge in [-0.1, -0.05) is 26.8 Å². The van der Waals surface area contributed by atoms with Crippen molar-refractivity contribution in [3.05, 3.63) is 29.6 Å². The fraction of sp³-hybridized carbons (Fsp3) is 0.600. The Morgan fingerprint density at radius 2 is 2.22 bits per heavy atom. The fourth-order valence-electron chi connectivity index (χ4n) is 2.50. The number of rotatable bonds is 5. The molecule has 3 heteroatoms. The number of methoxy groups -OCH3 is 1. The maximum atomic E-state index is 13.7. The van der Waals surface area contributed by atoms with Crippen LogP contribution in [0, 0.1) is 11.7 Å². The van der Waals surface area contributed by atoms with Crippen LogP contribution in [0.15, 0.2) is 18.2 Å². The number of hydrogen-bond donors (Lipinski definition) is 1. The van der Waals surface area contributed by atoms with Crippen LogP contribution < -0.4 is 10.1 Å². The predicted octanol–water partition coefficient (Wildman–Crippen LogP) is 3.11. The molecule has 2 rings (SSSR count). The van der Waals surface area contributed by atoms with E-state index in [1.807, 2.05) is 6.07 Å². The van der Waals surface area contributed by atoms with Gasteiger partial charge in [0.15, 0.2) is 11.6 Å². The molecule has 0 spiro atoms. The summed E-state index contributed by atoms with van der Waals surface area (Å²) in [4.78, 5) is 0. The van der Waals surface area contributed by atoms with Crippen molar-refractivity contribution in [3.63, 3.8) is 0 Å². The molecule has 1 saturated carbocycles. The first-order valence-corrected chi connectivity index (χ1v) is 6.55. The van der Waals surface area contributed by atoms with Crippen LogP contribution in [-0.2, 0) is 5.41 Å². The molecule has 1 N–H and O–H groups in total. The van der Waals surface area contributed by atoms with Crippen LogP contribution >= 0.6 is 0 Å². The average molecular weight is 251 g/mol. The molecule has 2 atom stereocenters. The molecule has 0 bridgehead atoms. The molecule has 1 fully saturated rings. The van der Waals surface area contributed by atoms with E-state index in [-0.39, 0.29) is 11.2 Å². The SMILES string of the molecule is COc1ccc(C2(C)CC2CNC(C)C)cc1F. The lowest BCUT2D eigenvalue weighted by Crippen LogP contribution is -2.26. The van der Waals surface area contributed by atoms with Crippen molar-refractivity contribution >= 4 is 0 Å². The number of ether oxygens (including phenoxy) is 1. The van der Waals surface area contributed by atoms with E-state index < -0.39 is 0 Å². The van der Waals surface area contributed by atoms with Gasteiger partial charge in [0.2, 0.25) is 0 Å². The van der Waals surface area contributed by atoms with Gasteiger partial charge in [-0.15, -0.1) is 0 Å². The van der Waals surface area contributed by atoms with E-state index in [2.05, 4.69) is 26.1 Å². The highest BCUT2D eigenvalue weighted by Crippen LogP contribution is 2.53. The molecule has 1 aliphatic carbocycles. The van der Waals surface area contributed by atoms with Gasteiger partial charge >= 0.3 is 0 Å². The fourth-order valence-corrected chi connectivity index (χ4v) is 2.50. The van der Waals surface area contributed by atoms with E-state index in [1.165, 1.54) is 7.11 Å². The van der Waals surface area contributed by atoms with E-state index in [4.69, 9.17) is 4.74 Å². The monoisotopic (exact) mass is 251 g/mol. The predicted molar refractivity (Wildman–Crippen MR) is 71.5 cm³/mol. The summed E-state index contributed by atoms with van der Waals surface area (Å²) in [7, 11) is 1.49. The zero-order valence-electron chi connectivity index (χ0n) is 11.6. The van der Waals surface area contributed by atoms with E-state index in [9.17, 15) is 4.39 Å². The smallest absolute Gasteiger partial charge is 0.165 e. The normalized spacial score (nSPS) is 26.4. The second-order valence-electron chi connectivity index (χ2n) is 5.73. The molecule has 0 saturated heterocycles. The van der Waals surface area contributed by atoms with Crippen LogP contribution in [0.2, 0.25) is 0 Å². The van der Waals surface area contributed by atoms with E-state index in [0.29, 0.717) is 17.7 Å². The number of nitrogens with one attached hydrogen (secondary N) is 1. The second-order valence-corrected chi connectivity index (χ2v) is 5.73. The summed E-state index contributed by atoms with van der Waals surface area (Å²) in [5.41, 5.74) is 1.20. The first-order chi connectivity index (χ1) is 8.47. The standard InChI is InChI=1S/C15H22FNO/c1-10(2)17-9-12-8-15(12,3)11-5-6-14(18-4)13(16)7-11/h5-7,10,12,17H,8-9H2,1-4H3. The lowest BCUT2D eigenvalue weighted by Gasteiger charge is -2.14. The largest absolute Gasteiger partial charge is 0.494 e. The molecule has 0 radical (unpaired) electrons. The van der Waals surface area contributed by atoms with Crippen molar-refractivity contribution in [2.75, 3.05) is 13.7 Å². The highest BCUT2D eigenvalue weighted by atomic mass is 19.1. The van der Waals surface area contributed by atoms with E-state index in [0.717, 1.165) is 18.5 Å². The van der Waals surface area contributed by atoms with Gasteiger partial charge in [-0.05, 0) is 42.0 Å². The summed E-state index contributed by atoms with van der Waals surface area (Å²) in [5.74, 6) is 0.659. The summed E-state index contributed by atoms with van der Waals surface area (Å²) < 4.78 is 18.7. The van der Waals surface area contributed by atoms with Gasteiger partial charge in [-0.3, -0.25) is 0 Å². The molecule has 2 nitrogen and oxygen atoms in total. The van der Waals surface area contributed by atoms with Gasteiger partial charge in [0, 0.05) is 6.04 Å². The molecular weight excluding hydrogens is 229 g/mol. The number of halogens is 1. The lowest BCUT2D eigenvalue weighted by molar-refractivity contribution is 0.385. The summed E-state index contributed by atoms with van der Waals surface area (Å²) in [6.07, 6.45) is 1.12. The van der Waals surface area contributed by atoms with Crippen molar-refractivity contribution in [3.8, 4) is 5.75 Å². The molecule has 18 heavy (non-hydrogen) atoms. The minimum atomic E-state index is -0.265. The third kappa shape index (κ3) is 2.51. The zero-order chi connectivity index (χ0) is 13.3. The van der Waals surface area contributed by atoms with Gasteiger partial charge in [0.25, 0.3) is 0 Å². The van der Waals surface area contributed by atoms with Gasteiger partial charge < -0.3 is 10.1 Å². The molecular formula is C15H22FNO. The second kappa shape index (κ2) is 4.88. The molecule has 100 valence electrons. The molecule has 1 aromatic rings. The Morgan fingerprint density at radius 1 is 1.50 bits per heavy atom. The summed E-state index contributed by atoms with van der Waals surface area (Å²) in [6, 6.07) is 5.83. The Kier molecular flexibility index (Phi) is 3.62. The molecule has 2 unspecified atom stereocenters. The van der Waals surface area contributed by atoms with Gasteiger partial charge in [0.05, 0.1) is 7.11 Å². The molecule has 0 aromatic heterocycles.